The van der Waals surface area contributed by atoms with E-state index >= 15 is 0 Å². The summed E-state index contributed by atoms with van der Waals surface area (Å²) in [7, 11) is 0. The Morgan fingerprint density at radius 3 is 2.68 bits per heavy atom. The SMILES string of the molecule is O=C(c1n[nH]nc1-c1ccccc1)N1CCC[C@@H]1[C@@H]1CCCC[C@@H]1O. The second kappa shape index (κ2) is 6.96. The Morgan fingerprint density at radius 1 is 1.08 bits per heavy atom. The largest absolute Gasteiger partial charge is 0.393 e. The first-order valence-corrected chi connectivity index (χ1v) is 9.21. The van der Waals surface area contributed by atoms with E-state index in [4.69, 9.17) is 0 Å². The fourth-order valence-corrected chi connectivity index (χ4v) is 4.39. The number of amides is 1. The number of benzene rings is 1. The summed E-state index contributed by atoms with van der Waals surface area (Å²) in [5, 5.41) is 21.4. The minimum atomic E-state index is -0.293. The molecule has 1 aliphatic heterocycles. The number of nitrogens with zero attached hydrogens (tertiary/aromatic N) is 3. The molecule has 0 radical (unpaired) electrons. The zero-order chi connectivity index (χ0) is 17.2. The van der Waals surface area contributed by atoms with Crippen LogP contribution in [-0.4, -0.2) is 50.0 Å². The number of carbonyl (C=O) groups is 1. The Kier molecular flexibility index (Phi) is 4.53. The third kappa shape index (κ3) is 3.06. The van der Waals surface area contributed by atoms with Crippen molar-refractivity contribution in [1.29, 1.82) is 0 Å². The van der Waals surface area contributed by atoms with Gasteiger partial charge in [0.15, 0.2) is 5.69 Å². The van der Waals surface area contributed by atoms with E-state index < -0.39 is 0 Å². The maximum absolute atomic E-state index is 13.2. The lowest BCUT2D eigenvalue weighted by Crippen LogP contribution is -2.45. The highest BCUT2D eigenvalue weighted by Crippen LogP contribution is 2.35. The number of carbonyl (C=O) groups excluding carboxylic acids is 1. The zero-order valence-electron chi connectivity index (χ0n) is 14.3. The summed E-state index contributed by atoms with van der Waals surface area (Å²) in [6, 6.07) is 9.77. The van der Waals surface area contributed by atoms with Crippen molar-refractivity contribution < 1.29 is 9.90 Å². The molecule has 1 aromatic heterocycles. The Labute approximate surface area is 147 Å². The lowest BCUT2D eigenvalue weighted by atomic mass is 9.80. The first-order chi connectivity index (χ1) is 12.3. The van der Waals surface area contributed by atoms with Crippen LogP contribution in [0.25, 0.3) is 11.3 Å². The summed E-state index contributed by atoms with van der Waals surface area (Å²) in [4.78, 5) is 15.1. The molecule has 1 aliphatic carbocycles. The van der Waals surface area contributed by atoms with Gasteiger partial charge in [-0.15, -0.1) is 0 Å². The molecule has 6 nitrogen and oxygen atoms in total. The highest BCUT2D eigenvalue weighted by atomic mass is 16.3. The smallest absolute Gasteiger partial charge is 0.276 e. The van der Waals surface area contributed by atoms with Gasteiger partial charge in [0.2, 0.25) is 0 Å². The molecule has 1 amide bonds. The Bertz CT molecular complexity index is 730. The van der Waals surface area contributed by atoms with Gasteiger partial charge in [-0.2, -0.15) is 15.4 Å². The highest BCUT2D eigenvalue weighted by molar-refractivity contribution is 5.98. The van der Waals surface area contributed by atoms with E-state index in [9.17, 15) is 9.90 Å². The average Bonchev–Trinajstić information content (AvgIpc) is 3.32. The number of hydrogen-bond acceptors (Lipinski definition) is 4. The third-order valence-electron chi connectivity index (χ3n) is 5.63. The molecule has 2 N–H and O–H groups in total. The van der Waals surface area contributed by atoms with Gasteiger partial charge in [0, 0.05) is 24.1 Å². The lowest BCUT2D eigenvalue weighted by Gasteiger charge is -2.37. The van der Waals surface area contributed by atoms with Crippen LogP contribution in [0.1, 0.15) is 49.0 Å². The van der Waals surface area contributed by atoms with Crippen molar-refractivity contribution in [2.45, 2.75) is 50.7 Å². The van der Waals surface area contributed by atoms with Crippen molar-refractivity contribution in [2.24, 2.45) is 5.92 Å². The minimum Gasteiger partial charge on any atom is -0.393 e. The molecular formula is C19H24N4O2. The third-order valence-corrected chi connectivity index (χ3v) is 5.63. The molecule has 2 aliphatic rings. The molecule has 0 bridgehead atoms. The van der Waals surface area contributed by atoms with Crippen molar-refractivity contribution in [2.75, 3.05) is 6.54 Å². The van der Waals surface area contributed by atoms with Crippen molar-refractivity contribution in [3.8, 4) is 11.3 Å². The molecule has 2 fully saturated rings. The number of aliphatic hydroxyl groups excluding tert-OH is 1. The van der Waals surface area contributed by atoms with E-state index in [0.717, 1.165) is 50.6 Å². The number of aromatic amines is 1. The minimum absolute atomic E-state index is 0.0760. The van der Waals surface area contributed by atoms with Crippen molar-refractivity contribution >= 4 is 5.91 Å². The number of aliphatic hydroxyl groups is 1. The fourth-order valence-electron chi connectivity index (χ4n) is 4.39. The quantitative estimate of drug-likeness (QED) is 0.900. The summed E-state index contributed by atoms with van der Waals surface area (Å²) in [5.41, 5.74) is 1.86. The molecular weight excluding hydrogens is 316 g/mol. The van der Waals surface area contributed by atoms with E-state index in [1.165, 1.54) is 0 Å². The highest BCUT2D eigenvalue weighted by Gasteiger charge is 2.40. The monoisotopic (exact) mass is 340 g/mol. The Hall–Kier alpha value is -2.21. The van der Waals surface area contributed by atoms with Crippen LogP contribution in [0.3, 0.4) is 0 Å². The summed E-state index contributed by atoms with van der Waals surface area (Å²) >= 11 is 0. The predicted octanol–water partition coefficient (Wildman–Crippen LogP) is 2.63. The van der Waals surface area contributed by atoms with Crippen molar-refractivity contribution in [3.05, 3.63) is 36.0 Å². The van der Waals surface area contributed by atoms with E-state index in [0.29, 0.717) is 11.4 Å². The molecule has 2 aromatic rings. The Balaban J connectivity index is 1.60. The first-order valence-electron chi connectivity index (χ1n) is 9.21. The standard InChI is InChI=1S/C19H24N4O2/c24-16-11-5-4-9-14(16)15-10-6-12-23(15)19(25)18-17(20-22-21-18)13-7-2-1-3-8-13/h1-3,7-8,14-16,24H,4-6,9-12H2,(H,20,21,22)/t14-,15+,16-/m0/s1. The number of aromatic nitrogens is 3. The summed E-state index contributed by atoms with van der Waals surface area (Å²) in [6.07, 6.45) is 5.73. The summed E-state index contributed by atoms with van der Waals surface area (Å²) in [6.45, 7) is 0.730. The number of likely N-dealkylation sites (tertiary alicyclic amines) is 1. The average molecular weight is 340 g/mol. The number of hydrogen-bond donors (Lipinski definition) is 2. The first kappa shape index (κ1) is 16.3. The molecule has 4 rings (SSSR count). The van der Waals surface area contributed by atoms with Gasteiger partial charge < -0.3 is 10.0 Å². The molecule has 1 saturated heterocycles. The molecule has 3 atom stereocenters. The second-order valence-corrected chi connectivity index (χ2v) is 7.11. The van der Waals surface area contributed by atoms with E-state index in [-0.39, 0.29) is 24.0 Å². The number of nitrogens with one attached hydrogen (secondary N) is 1. The van der Waals surface area contributed by atoms with Crippen LogP contribution in [0.15, 0.2) is 30.3 Å². The normalized spacial score (nSPS) is 26.8. The van der Waals surface area contributed by atoms with Gasteiger partial charge in [0.25, 0.3) is 5.91 Å². The van der Waals surface area contributed by atoms with Crippen LogP contribution in [-0.2, 0) is 0 Å². The number of H-pyrrole nitrogens is 1. The maximum atomic E-state index is 13.2. The molecule has 1 aromatic carbocycles. The summed E-state index contributed by atoms with van der Waals surface area (Å²) in [5.74, 6) is 0.111. The van der Waals surface area contributed by atoms with Gasteiger partial charge in [-0.1, -0.05) is 43.2 Å². The molecule has 6 heteroatoms. The van der Waals surface area contributed by atoms with Gasteiger partial charge in [-0.05, 0) is 25.7 Å². The van der Waals surface area contributed by atoms with Gasteiger partial charge in [-0.3, -0.25) is 4.79 Å². The van der Waals surface area contributed by atoms with Crippen LogP contribution in [0.5, 0.6) is 0 Å². The number of rotatable bonds is 3. The van der Waals surface area contributed by atoms with Crippen LogP contribution < -0.4 is 0 Å². The van der Waals surface area contributed by atoms with Gasteiger partial charge in [0.1, 0.15) is 5.69 Å². The fraction of sp³-hybridized carbons (Fsp3) is 0.526. The van der Waals surface area contributed by atoms with Crippen LogP contribution in [0.4, 0.5) is 0 Å². The second-order valence-electron chi connectivity index (χ2n) is 7.11. The lowest BCUT2D eigenvalue weighted by molar-refractivity contribution is 0.0209. The van der Waals surface area contributed by atoms with Gasteiger partial charge >= 0.3 is 0 Å². The molecule has 25 heavy (non-hydrogen) atoms. The zero-order valence-corrected chi connectivity index (χ0v) is 14.3. The molecule has 0 spiro atoms. The molecule has 0 unspecified atom stereocenters. The molecule has 2 heterocycles. The Morgan fingerprint density at radius 2 is 1.88 bits per heavy atom. The van der Waals surface area contributed by atoms with Crippen molar-refractivity contribution in [1.82, 2.24) is 20.3 Å². The summed E-state index contributed by atoms with van der Waals surface area (Å²) < 4.78 is 0. The van der Waals surface area contributed by atoms with E-state index in [1.54, 1.807) is 0 Å². The van der Waals surface area contributed by atoms with Crippen LogP contribution in [0, 0.1) is 5.92 Å². The van der Waals surface area contributed by atoms with Gasteiger partial charge in [0.05, 0.1) is 6.10 Å². The maximum Gasteiger partial charge on any atom is 0.276 e. The van der Waals surface area contributed by atoms with Gasteiger partial charge in [-0.25, -0.2) is 0 Å². The molecule has 1 saturated carbocycles. The van der Waals surface area contributed by atoms with Crippen LogP contribution in [0.2, 0.25) is 0 Å². The van der Waals surface area contributed by atoms with E-state index in [1.807, 2.05) is 35.2 Å². The van der Waals surface area contributed by atoms with E-state index in [2.05, 4.69) is 15.4 Å². The predicted molar refractivity (Wildman–Crippen MR) is 93.8 cm³/mol. The molecule has 132 valence electrons. The van der Waals surface area contributed by atoms with Crippen LogP contribution >= 0.6 is 0 Å². The van der Waals surface area contributed by atoms with Crippen molar-refractivity contribution in [3.63, 3.8) is 0 Å². The topological polar surface area (TPSA) is 82.1 Å².